The molecule has 0 atom stereocenters. The Labute approximate surface area is 173 Å². The van der Waals surface area contributed by atoms with Crippen LogP contribution in [0.15, 0.2) is 77.5 Å². The number of anilines is 1. The summed E-state index contributed by atoms with van der Waals surface area (Å²) >= 11 is 3.18. The quantitative estimate of drug-likeness (QED) is 0.459. The number of nitrogens with one attached hydrogen (secondary N) is 1. The molecule has 4 rings (SSSR count). The van der Waals surface area contributed by atoms with Crippen molar-refractivity contribution in [1.29, 1.82) is 0 Å². The smallest absolute Gasteiger partial charge is 0.276 e. The standard InChI is InChI=1S/C21H13BrF2N4O/c22-14-1-6-18(17(24)11-14)26-21(29)19-12-20(13-7-9-25-10-8-13)28(27-19)16-4-2-15(23)3-5-16/h1-12H,(H,26,29). The van der Waals surface area contributed by atoms with Crippen LogP contribution in [-0.4, -0.2) is 20.7 Å². The van der Waals surface area contributed by atoms with E-state index in [0.717, 1.165) is 5.56 Å². The van der Waals surface area contributed by atoms with E-state index in [2.05, 4.69) is 31.3 Å². The molecule has 0 saturated carbocycles. The van der Waals surface area contributed by atoms with Crippen LogP contribution in [0.2, 0.25) is 0 Å². The van der Waals surface area contributed by atoms with Crippen molar-refractivity contribution >= 4 is 27.5 Å². The Bertz CT molecular complexity index is 1180. The summed E-state index contributed by atoms with van der Waals surface area (Å²) < 4.78 is 29.5. The zero-order chi connectivity index (χ0) is 20.4. The average Bonchev–Trinajstić information content (AvgIpc) is 3.17. The molecule has 0 aliphatic carbocycles. The average molecular weight is 455 g/mol. The molecule has 5 nitrogen and oxygen atoms in total. The van der Waals surface area contributed by atoms with Crippen molar-refractivity contribution < 1.29 is 13.6 Å². The minimum absolute atomic E-state index is 0.0417. The first kappa shape index (κ1) is 18.9. The number of aromatic nitrogens is 3. The molecule has 0 fully saturated rings. The van der Waals surface area contributed by atoms with Crippen molar-refractivity contribution in [1.82, 2.24) is 14.8 Å². The lowest BCUT2D eigenvalue weighted by molar-refractivity contribution is 0.102. The van der Waals surface area contributed by atoms with E-state index in [1.54, 1.807) is 48.8 Å². The van der Waals surface area contributed by atoms with Crippen molar-refractivity contribution in [2.45, 2.75) is 0 Å². The van der Waals surface area contributed by atoms with E-state index in [4.69, 9.17) is 0 Å². The molecule has 0 aliphatic heterocycles. The SMILES string of the molecule is O=C(Nc1ccc(Br)cc1F)c1cc(-c2ccncc2)n(-c2ccc(F)cc2)n1. The number of pyridine rings is 1. The third kappa shape index (κ3) is 4.07. The lowest BCUT2D eigenvalue weighted by Crippen LogP contribution is -2.14. The van der Waals surface area contributed by atoms with Gasteiger partial charge in [0.1, 0.15) is 11.6 Å². The number of rotatable bonds is 4. The van der Waals surface area contributed by atoms with Gasteiger partial charge < -0.3 is 5.32 Å². The Kier molecular flexibility index (Phi) is 5.18. The Morgan fingerprint density at radius 3 is 2.38 bits per heavy atom. The topological polar surface area (TPSA) is 59.8 Å². The number of hydrogen-bond donors (Lipinski definition) is 1. The zero-order valence-corrected chi connectivity index (χ0v) is 16.4. The van der Waals surface area contributed by atoms with Gasteiger partial charge >= 0.3 is 0 Å². The van der Waals surface area contributed by atoms with Crippen molar-refractivity contribution in [3.8, 4) is 16.9 Å². The summed E-state index contributed by atoms with van der Waals surface area (Å²) in [6.07, 6.45) is 3.24. The molecule has 0 spiro atoms. The van der Waals surface area contributed by atoms with Crippen LogP contribution in [0.5, 0.6) is 0 Å². The lowest BCUT2D eigenvalue weighted by Gasteiger charge is -2.07. The normalized spacial score (nSPS) is 10.7. The second-order valence-electron chi connectivity index (χ2n) is 6.12. The summed E-state index contributed by atoms with van der Waals surface area (Å²) in [7, 11) is 0. The van der Waals surface area contributed by atoms with Crippen LogP contribution in [0.4, 0.5) is 14.5 Å². The predicted octanol–water partition coefficient (Wildman–Crippen LogP) is 5.23. The van der Waals surface area contributed by atoms with Crippen molar-refractivity contribution in [3.63, 3.8) is 0 Å². The van der Waals surface area contributed by atoms with Gasteiger partial charge in [-0.1, -0.05) is 15.9 Å². The van der Waals surface area contributed by atoms with E-state index in [1.807, 2.05) is 0 Å². The summed E-state index contributed by atoms with van der Waals surface area (Å²) in [6, 6.07) is 15.2. The largest absolute Gasteiger partial charge is 0.318 e. The summed E-state index contributed by atoms with van der Waals surface area (Å²) in [5.41, 5.74) is 2.08. The van der Waals surface area contributed by atoms with Gasteiger partial charge in [-0.2, -0.15) is 5.10 Å². The monoisotopic (exact) mass is 454 g/mol. The lowest BCUT2D eigenvalue weighted by atomic mass is 10.1. The highest BCUT2D eigenvalue weighted by molar-refractivity contribution is 9.10. The second-order valence-corrected chi connectivity index (χ2v) is 7.03. The number of benzene rings is 2. The maximum Gasteiger partial charge on any atom is 0.276 e. The van der Waals surface area contributed by atoms with Gasteiger partial charge in [-0.3, -0.25) is 9.78 Å². The fraction of sp³-hybridized carbons (Fsp3) is 0. The van der Waals surface area contributed by atoms with Crippen LogP contribution < -0.4 is 5.32 Å². The van der Waals surface area contributed by atoms with E-state index >= 15 is 0 Å². The number of carbonyl (C=O) groups excluding carboxylic acids is 1. The third-order valence-corrected chi connectivity index (χ3v) is 4.66. The second kappa shape index (κ2) is 7.92. The first-order chi connectivity index (χ1) is 14.0. The van der Waals surface area contributed by atoms with Crippen LogP contribution in [0, 0.1) is 11.6 Å². The van der Waals surface area contributed by atoms with Gasteiger partial charge in [0.2, 0.25) is 0 Å². The molecule has 2 aromatic heterocycles. The van der Waals surface area contributed by atoms with E-state index in [9.17, 15) is 13.6 Å². The van der Waals surface area contributed by atoms with E-state index in [1.165, 1.54) is 28.9 Å². The number of halogens is 3. The summed E-state index contributed by atoms with van der Waals surface area (Å²) in [5, 5.41) is 6.88. The number of hydrogen-bond acceptors (Lipinski definition) is 3. The Balaban J connectivity index is 1.74. The fourth-order valence-corrected chi connectivity index (χ4v) is 3.11. The van der Waals surface area contributed by atoms with Gasteiger partial charge in [0, 0.05) is 22.4 Å². The molecule has 1 amide bonds. The van der Waals surface area contributed by atoms with Crippen molar-refractivity contribution in [2.24, 2.45) is 0 Å². The minimum Gasteiger partial charge on any atom is -0.318 e. The molecule has 0 aliphatic rings. The van der Waals surface area contributed by atoms with Gasteiger partial charge in [-0.25, -0.2) is 13.5 Å². The maximum atomic E-state index is 14.1. The molecule has 0 saturated heterocycles. The molecule has 1 N–H and O–H groups in total. The van der Waals surface area contributed by atoms with Gasteiger partial charge in [-0.15, -0.1) is 0 Å². The molecule has 0 unspecified atom stereocenters. The third-order valence-electron chi connectivity index (χ3n) is 4.17. The summed E-state index contributed by atoms with van der Waals surface area (Å²) in [5.74, 6) is -1.52. The maximum absolute atomic E-state index is 14.1. The van der Waals surface area contributed by atoms with Crippen molar-refractivity contribution in [3.05, 3.63) is 94.9 Å². The zero-order valence-electron chi connectivity index (χ0n) is 14.8. The van der Waals surface area contributed by atoms with Crippen LogP contribution in [0.25, 0.3) is 16.9 Å². The van der Waals surface area contributed by atoms with Gasteiger partial charge in [0.15, 0.2) is 5.69 Å². The first-order valence-corrected chi connectivity index (χ1v) is 9.33. The number of amides is 1. The summed E-state index contributed by atoms with van der Waals surface area (Å²) in [6.45, 7) is 0. The Morgan fingerprint density at radius 2 is 1.69 bits per heavy atom. The van der Waals surface area contributed by atoms with Crippen LogP contribution >= 0.6 is 15.9 Å². The number of carbonyl (C=O) groups is 1. The van der Waals surface area contributed by atoms with Crippen LogP contribution in [0.1, 0.15) is 10.5 Å². The minimum atomic E-state index is -0.569. The predicted molar refractivity (Wildman–Crippen MR) is 109 cm³/mol. The van der Waals surface area contributed by atoms with E-state index in [-0.39, 0.29) is 17.2 Å². The fourth-order valence-electron chi connectivity index (χ4n) is 2.78. The highest BCUT2D eigenvalue weighted by atomic mass is 79.9. The number of nitrogens with zero attached hydrogens (tertiary/aromatic N) is 3. The molecule has 0 radical (unpaired) electrons. The van der Waals surface area contributed by atoms with Gasteiger partial charge in [-0.05, 0) is 60.7 Å². The van der Waals surface area contributed by atoms with Crippen molar-refractivity contribution in [2.75, 3.05) is 5.32 Å². The molecule has 4 aromatic rings. The molecule has 8 heteroatoms. The van der Waals surface area contributed by atoms with E-state index < -0.39 is 11.7 Å². The molecule has 0 bridgehead atoms. The van der Waals surface area contributed by atoms with Crippen LogP contribution in [0.3, 0.4) is 0 Å². The highest BCUT2D eigenvalue weighted by Gasteiger charge is 2.18. The molecular formula is C21H13BrF2N4O. The molecule has 29 heavy (non-hydrogen) atoms. The highest BCUT2D eigenvalue weighted by Crippen LogP contribution is 2.25. The molecule has 2 heterocycles. The first-order valence-electron chi connectivity index (χ1n) is 8.54. The molecule has 2 aromatic carbocycles. The summed E-state index contributed by atoms with van der Waals surface area (Å²) in [4.78, 5) is 16.7. The Morgan fingerprint density at radius 1 is 0.966 bits per heavy atom. The molecular weight excluding hydrogens is 442 g/mol. The van der Waals surface area contributed by atoms with Gasteiger partial charge in [0.05, 0.1) is 17.1 Å². The van der Waals surface area contributed by atoms with Gasteiger partial charge in [0.25, 0.3) is 5.91 Å². The van der Waals surface area contributed by atoms with Crippen LogP contribution in [-0.2, 0) is 0 Å². The van der Waals surface area contributed by atoms with E-state index in [0.29, 0.717) is 15.9 Å². The Hall–Kier alpha value is -3.39. The molecule has 144 valence electrons.